The number of nitrogens with zero attached hydrogens (tertiary/aromatic N) is 4. The second kappa shape index (κ2) is 11.7. The first-order valence-corrected chi connectivity index (χ1v) is 13.1. The van der Waals surface area contributed by atoms with Crippen LogP contribution in [0.3, 0.4) is 0 Å². The fourth-order valence-electron chi connectivity index (χ4n) is 3.87. The van der Waals surface area contributed by atoms with Crippen LogP contribution in [0, 0.1) is 10.1 Å². The molecule has 0 spiro atoms. The Morgan fingerprint density at radius 3 is 2.42 bits per heavy atom. The number of morpholine rings is 2. The summed E-state index contributed by atoms with van der Waals surface area (Å²) in [7, 11) is -3.72. The van der Waals surface area contributed by atoms with Crippen molar-refractivity contribution in [2.24, 2.45) is 5.10 Å². The Labute approximate surface area is 214 Å². The molecular formula is C22H26N6O6S2. The van der Waals surface area contributed by atoms with E-state index < -0.39 is 14.9 Å². The smallest absolute Gasteiger partial charge is 0.278 e. The van der Waals surface area contributed by atoms with Gasteiger partial charge in [-0.25, -0.2) is 8.42 Å². The first kappa shape index (κ1) is 25.9. The van der Waals surface area contributed by atoms with E-state index in [2.05, 4.69) is 20.7 Å². The lowest BCUT2D eigenvalue weighted by atomic mass is 10.2. The third kappa shape index (κ3) is 6.14. The molecule has 2 aromatic carbocycles. The number of hydrazone groups is 1. The molecule has 2 N–H and O–H groups in total. The number of anilines is 2. The molecule has 2 aromatic rings. The molecule has 2 aliphatic heterocycles. The van der Waals surface area contributed by atoms with E-state index in [1.807, 2.05) is 0 Å². The van der Waals surface area contributed by atoms with Gasteiger partial charge in [-0.15, -0.1) is 0 Å². The number of hydrogen-bond donors (Lipinski definition) is 2. The minimum atomic E-state index is -3.72. The van der Waals surface area contributed by atoms with Gasteiger partial charge >= 0.3 is 0 Å². The third-order valence-corrected chi connectivity index (χ3v) is 7.77. The van der Waals surface area contributed by atoms with Gasteiger partial charge in [0, 0.05) is 32.2 Å². The van der Waals surface area contributed by atoms with E-state index in [1.165, 1.54) is 16.6 Å². The largest absolute Gasteiger partial charge is 0.379 e. The maximum absolute atomic E-state index is 13.2. The summed E-state index contributed by atoms with van der Waals surface area (Å²) in [5, 5.41) is 18.3. The normalized spacial score (nSPS) is 17.2. The van der Waals surface area contributed by atoms with Gasteiger partial charge in [-0.1, -0.05) is 12.1 Å². The zero-order chi connectivity index (χ0) is 25.5. The average molecular weight is 535 g/mol. The topological polar surface area (TPSA) is 139 Å². The fraction of sp³-hybridized carbons (Fsp3) is 0.364. The zero-order valence-corrected chi connectivity index (χ0v) is 21.0. The SMILES string of the molecule is O=[N+]([O-])c1ccccc1C=NNC(=S)Nc1cc(S(=O)(=O)N2CCOCC2)ccc1N1CCOCC1. The van der Waals surface area contributed by atoms with Crippen LogP contribution in [0.4, 0.5) is 17.1 Å². The van der Waals surface area contributed by atoms with Crippen LogP contribution in [0.15, 0.2) is 52.5 Å². The lowest BCUT2D eigenvalue weighted by molar-refractivity contribution is -0.385. The van der Waals surface area contributed by atoms with Crippen molar-refractivity contribution in [1.82, 2.24) is 9.73 Å². The number of sulfonamides is 1. The number of nitrogens with one attached hydrogen (secondary N) is 2. The van der Waals surface area contributed by atoms with Crippen LogP contribution in [-0.2, 0) is 19.5 Å². The number of benzene rings is 2. The van der Waals surface area contributed by atoms with Gasteiger partial charge in [0.05, 0.1) is 59.4 Å². The molecule has 0 aliphatic carbocycles. The molecule has 14 heteroatoms. The Bertz CT molecular complexity index is 1240. The summed E-state index contributed by atoms with van der Waals surface area (Å²) in [4.78, 5) is 12.9. The Hall–Kier alpha value is -3.17. The molecule has 0 atom stereocenters. The minimum Gasteiger partial charge on any atom is -0.379 e. The molecule has 2 heterocycles. The summed E-state index contributed by atoms with van der Waals surface area (Å²) in [6.45, 7) is 3.66. The number of nitro benzene ring substituents is 1. The summed E-state index contributed by atoms with van der Waals surface area (Å²) in [5.74, 6) is 0. The number of para-hydroxylation sites is 1. The van der Waals surface area contributed by atoms with Crippen molar-refractivity contribution in [2.75, 3.05) is 62.8 Å². The first-order valence-electron chi connectivity index (χ1n) is 11.2. The van der Waals surface area contributed by atoms with E-state index in [9.17, 15) is 18.5 Å². The third-order valence-electron chi connectivity index (χ3n) is 5.68. The Morgan fingerprint density at radius 1 is 1.06 bits per heavy atom. The second-order valence-electron chi connectivity index (χ2n) is 7.93. The molecule has 2 saturated heterocycles. The number of rotatable bonds is 7. The van der Waals surface area contributed by atoms with Crippen molar-refractivity contribution < 1.29 is 22.8 Å². The van der Waals surface area contributed by atoms with Crippen LogP contribution in [-0.4, -0.2) is 81.6 Å². The highest BCUT2D eigenvalue weighted by molar-refractivity contribution is 7.89. The van der Waals surface area contributed by atoms with Crippen molar-refractivity contribution in [1.29, 1.82) is 0 Å². The van der Waals surface area contributed by atoms with Crippen molar-refractivity contribution in [3.05, 3.63) is 58.1 Å². The maximum Gasteiger partial charge on any atom is 0.278 e. The lowest BCUT2D eigenvalue weighted by Gasteiger charge is -2.31. The summed E-state index contributed by atoms with van der Waals surface area (Å²) in [5.41, 5.74) is 4.13. The number of nitro groups is 1. The van der Waals surface area contributed by atoms with E-state index in [-0.39, 0.29) is 28.8 Å². The van der Waals surface area contributed by atoms with Crippen molar-refractivity contribution in [3.63, 3.8) is 0 Å². The number of ether oxygens (including phenoxy) is 2. The van der Waals surface area contributed by atoms with E-state index >= 15 is 0 Å². The second-order valence-corrected chi connectivity index (χ2v) is 10.3. The van der Waals surface area contributed by atoms with E-state index in [1.54, 1.807) is 36.4 Å². The molecule has 2 aliphatic rings. The van der Waals surface area contributed by atoms with Crippen LogP contribution in [0.5, 0.6) is 0 Å². The molecule has 0 radical (unpaired) electrons. The Balaban J connectivity index is 1.55. The molecule has 0 amide bonds. The summed E-state index contributed by atoms with van der Waals surface area (Å²) < 4.78 is 38.5. The molecule has 0 aromatic heterocycles. The van der Waals surface area contributed by atoms with Crippen molar-refractivity contribution in [2.45, 2.75) is 4.90 Å². The van der Waals surface area contributed by atoms with Crippen molar-refractivity contribution in [3.8, 4) is 0 Å². The van der Waals surface area contributed by atoms with Gasteiger partial charge in [-0.05, 0) is 36.5 Å². The van der Waals surface area contributed by atoms with Gasteiger partial charge in [0.2, 0.25) is 10.0 Å². The van der Waals surface area contributed by atoms with Gasteiger partial charge in [0.1, 0.15) is 0 Å². The van der Waals surface area contributed by atoms with Crippen LogP contribution in [0.1, 0.15) is 5.56 Å². The van der Waals surface area contributed by atoms with E-state index in [0.29, 0.717) is 50.8 Å². The highest BCUT2D eigenvalue weighted by Gasteiger charge is 2.28. The number of hydrogen-bond acceptors (Lipinski definition) is 9. The first-order chi connectivity index (χ1) is 17.4. The van der Waals surface area contributed by atoms with E-state index in [4.69, 9.17) is 21.7 Å². The van der Waals surface area contributed by atoms with Gasteiger partial charge < -0.3 is 19.7 Å². The fourth-order valence-corrected chi connectivity index (χ4v) is 5.46. The molecule has 4 rings (SSSR count). The molecule has 0 unspecified atom stereocenters. The van der Waals surface area contributed by atoms with Crippen LogP contribution in [0.25, 0.3) is 0 Å². The van der Waals surface area contributed by atoms with E-state index in [0.717, 1.165) is 5.69 Å². The molecule has 0 saturated carbocycles. The Morgan fingerprint density at radius 2 is 1.72 bits per heavy atom. The summed E-state index contributed by atoms with van der Waals surface area (Å²) in [6.07, 6.45) is 1.30. The van der Waals surface area contributed by atoms with Crippen LogP contribution >= 0.6 is 12.2 Å². The van der Waals surface area contributed by atoms with Crippen molar-refractivity contribution >= 4 is 50.6 Å². The van der Waals surface area contributed by atoms with Gasteiger partial charge in [-0.2, -0.15) is 9.41 Å². The molecule has 192 valence electrons. The highest BCUT2D eigenvalue weighted by Crippen LogP contribution is 2.31. The molecule has 36 heavy (non-hydrogen) atoms. The minimum absolute atomic E-state index is 0.0856. The molecule has 12 nitrogen and oxygen atoms in total. The molecule has 0 bridgehead atoms. The quantitative estimate of drug-likeness (QED) is 0.234. The van der Waals surface area contributed by atoms with Gasteiger partial charge in [0.25, 0.3) is 5.69 Å². The highest BCUT2D eigenvalue weighted by atomic mass is 32.2. The number of thiocarbonyl (C=S) groups is 1. The standard InChI is InChI=1S/C22H26N6O6S2/c29-28(30)20-4-2-1-3-17(20)16-23-25-22(35)24-19-15-18(36(31,32)27-9-13-34-14-10-27)5-6-21(19)26-7-11-33-12-8-26/h1-6,15-16H,7-14H2,(H2,24,25,35). The lowest BCUT2D eigenvalue weighted by Crippen LogP contribution is -2.40. The monoisotopic (exact) mass is 534 g/mol. The van der Waals surface area contributed by atoms with Gasteiger partial charge in [0.15, 0.2) is 5.11 Å². The Kier molecular flexibility index (Phi) is 8.43. The van der Waals surface area contributed by atoms with Gasteiger partial charge in [-0.3, -0.25) is 15.5 Å². The molecule has 2 fully saturated rings. The van der Waals surface area contributed by atoms with Crippen LogP contribution < -0.4 is 15.6 Å². The van der Waals surface area contributed by atoms with Crippen LogP contribution in [0.2, 0.25) is 0 Å². The zero-order valence-electron chi connectivity index (χ0n) is 19.3. The summed E-state index contributed by atoms with van der Waals surface area (Å²) >= 11 is 5.37. The molecular weight excluding hydrogens is 508 g/mol. The average Bonchev–Trinajstić information content (AvgIpc) is 2.90. The maximum atomic E-state index is 13.2. The predicted molar refractivity (Wildman–Crippen MR) is 139 cm³/mol. The summed E-state index contributed by atoms with van der Waals surface area (Å²) in [6, 6.07) is 11.1. The predicted octanol–water partition coefficient (Wildman–Crippen LogP) is 1.77.